The molecule has 0 saturated carbocycles. The molecule has 0 radical (unpaired) electrons. The normalized spacial score (nSPS) is 12.9. The molecule has 0 aliphatic rings. The SMILES string of the molecule is CC[C@H](C)[C@H](NC(=O)c1ccccc1)C(=O)N(C)Cc1cccc(F)c1. The van der Waals surface area contributed by atoms with E-state index in [0.29, 0.717) is 11.1 Å². The van der Waals surface area contributed by atoms with Gasteiger partial charge < -0.3 is 10.2 Å². The van der Waals surface area contributed by atoms with Gasteiger partial charge in [-0.25, -0.2) is 4.39 Å². The Bertz CT molecular complexity index is 749. The Hall–Kier alpha value is -2.69. The van der Waals surface area contributed by atoms with Crippen molar-refractivity contribution in [3.63, 3.8) is 0 Å². The number of amides is 2. The molecule has 2 rings (SSSR count). The summed E-state index contributed by atoms with van der Waals surface area (Å²) in [6.45, 7) is 4.20. The van der Waals surface area contributed by atoms with E-state index >= 15 is 0 Å². The van der Waals surface area contributed by atoms with Gasteiger partial charge in [0.1, 0.15) is 11.9 Å². The second-order valence-corrected chi connectivity index (χ2v) is 6.53. The van der Waals surface area contributed by atoms with Crippen LogP contribution in [0.3, 0.4) is 0 Å². The van der Waals surface area contributed by atoms with Crippen molar-refractivity contribution in [3.8, 4) is 0 Å². The first-order chi connectivity index (χ1) is 12.4. The molecule has 138 valence electrons. The Morgan fingerprint density at radius 3 is 2.42 bits per heavy atom. The van der Waals surface area contributed by atoms with Gasteiger partial charge in [-0.15, -0.1) is 0 Å². The van der Waals surface area contributed by atoms with Crippen molar-refractivity contribution in [3.05, 3.63) is 71.5 Å². The largest absolute Gasteiger partial charge is 0.340 e. The third-order valence-corrected chi connectivity index (χ3v) is 4.49. The van der Waals surface area contributed by atoms with Gasteiger partial charge in [-0.1, -0.05) is 50.6 Å². The summed E-state index contributed by atoms with van der Waals surface area (Å²) in [7, 11) is 1.66. The minimum atomic E-state index is -0.633. The number of benzene rings is 2. The molecule has 2 aromatic carbocycles. The number of carbonyl (C=O) groups excluding carboxylic acids is 2. The molecule has 0 fully saturated rings. The lowest BCUT2D eigenvalue weighted by Gasteiger charge is -2.28. The summed E-state index contributed by atoms with van der Waals surface area (Å²) in [6.07, 6.45) is 0.749. The average molecular weight is 356 g/mol. The fourth-order valence-electron chi connectivity index (χ4n) is 2.72. The molecule has 0 aliphatic heterocycles. The number of nitrogens with one attached hydrogen (secondary N) is 1. The van der Waals surface area contributed by atoms with Crippen molar-refractivity contribution in [2.75, 3.05) is 7.05 Å². The molecule has 0 unspecified atom stereocenters. The fourth-order valence-corrected chi connectivity index (χ4v) is 2.72. The molecule has 0 bridgehead atoms. The maximum atomic E-state index is 13.4. The van der Waals surface area contributed by atoms with E-state index in [1.54, 1.807) is 43.4 Å². The Kier molecular flexibility index (Phi) is 6.89. The van der Waals surface area contributed by atoms with Gasteiger partial charge in [0.05, 0.1) is 0 Å². The maximum absolute atomic E-state index is 13.4. The highest BCUT2D eigenvalue weighted by Gasteiger charge is 2.28. The first-order valence-corrected chi connectivity index (χ1v) is 8.77. The monoisotopic (exact) mass is 356 g/mol. The van der Waals surface area contributed by atoms with Gasteiger partial charge in [-0.2, -0.15) is 0 Å². The number of carbonyl (C=O) groups is 2. The second kappa shape index (κ2) is 9.13. The van der Waals surface area contributed by atoms with E-state index in [1.807, 2.05) is 19.9 Å². The zero-order chi connectivity index (χ0) is 19.1. The Morgan fingerprint density at radius 1 is 1.12 bits per heavy atom. The quantitative estimate of drug-likeness (QED) is 0.824. The molecule has 0 aliphatic carbocycles. The molecular formula is C21H25FN2O2. The molecule has 2 aromatic rings. The van der Waals surface area contributed by atoms with Crippen LogP contribution in [0, 0.1) is 11.7 Å². The van der Waals surface area contributed by atoms with Gasteiger partial charge in [0.15, 0.2) is 0 Å². The van der Waals surface area contributed by atoms with Crippen LogP contribution in [0.4, 0.5) is 4.39 Å². The first kappa shape index (κ1) is 19.6. The minimum absolute atomic E-state index is 0.0230. The third kappa shape index (κ3) is 5.15. The zero-order valence-electron chi connectivity index (χ0n) is 15.4. The molecule has 4 nitrogen and oxygen atoms in total. The van der Waals surface area contributed by atoms with Gasteiger partial charge >= 0.3 is 0 Å². The lowest BCUT2D eigenvalue weighted by molar-refractivity contribution is -0.133. The average Bonchev–Trinajstić information content (AvgIpc) is 2.65. The van der Waals surface area contributed by atoms with Crippen LogP contribution in [0.5, 0.6) is 0 Å². The van der Waals surface area contributed by atoms with Crippen LogP contribution in [-0.2, 0) is 11.3 Å². The lowest BCUT2D eigenvalue weighted by atomic mass is 9.97. The van der Waals surface area contributed by atoms with Crippen molar-refractivity contribution < 1.29 is 14.0 Å². The van der Waals surface area contributed by atoms with Gasteiger partial charge in [0, 0.05) is 19.2 Å². The Morgan fingerprint density at radius 2 is 1.81 bits per heavy atom. The fraction of sp³-hybridized carbons (Fsp3) is 0.333. The Labute approximate surface area is 154 Å². The molecular weight excluding hydrogens is 331 g/mol. The number of nitrogens with zero attached hydrogens (tertiary/aromatic N) is 1. The standard InChI is InChI=1S/C21H25FN2O2/c1-4-15(2)19(23-20(25)17-10-6-5-7-11-17)21(26)24(3)14-16-9-8-12-18(22)13-16/h5-13,15,19H,4,14H2,1-3H3,(H,23,25)/t15-,19-/m0/s1. The molecule has 0 spiro atoms. The first-order valence-electron chi connectivity index (χ1n) is 8.77. The summed E-state index contributed by atoms with van der Waals surface area (Å²) < 4.78 is 13.4. The Balaban J connectivity index is 2.12. The van der Waals surface area contributed by atoms with Gasteiger partial charge in [-0.3, -0.25) is 9.59 Å². The summed E-state index contributed by atoms with van der Waals surface area (Å²) in [6, 6.07) is 14.4. The second-order valence-electron chi connectivity index (χ2n) is 6.53. The number of hydrogen-bond donors (Lipinski definition) is 1. The zero-order valence-corrected chi connectivity index (χ0v) is 15.4. The van der Waals surface area contributed by atoms with Gasteiger partial charge in [0.2, 0.25) is 5.91 Å². The minimum Gasteiger partial charge on any atom is -0.340 e. The summed E-state index contributed by atoms with van der Waals surface area (Å²) in [4.78, 5) is 26.9. The molecule has 0 heterocycles. The molecule has 0 saturated heterocycles. The van der Waals surface area contributed by atoms with Crippen LogP contribution in [0.1, 0.15) is 36.2 Å². The summed E-state index contributed by atoms with van der Waals surface area (Å²) in [5, 5.41) is 2.86. The highest BCUT2D eigenvalue weighted by Crippen LogP contribution is 2.14. The number of likely N-dealkylation sites (N-methyl/N-ethyl adjacent to an activating group) is 1. The molecule has 2 amide bonds. The van der Waals surface area contributed by atoms with Gasteiger partial charge in [-0.05, 0) is 35.7 Å². The molecule has 0 aromatic heterocycles. The lowest BCUT2D eigenvalue weighted by Crippen LogP contribution is -2.50. The number of hydrogen-bond acceptors (Lipinski definition) is 2. The maximum Gasteiger partial charge on any atom is 0.251 e. The van der Waals surface area contributed by atoms with Gasteiger partial charge in [0.25, 0.3) is 5.91 Å². The molecule has 1 N–H and O–H groups in total. The van der Waals surface area contributed by atoms with Crippen molar-refractivity contribution in [2.45, 2.75) is 32.9 Å². The summed E-state index contributed by atoms with van der Waals surface area (Å²) in [5.41, 5.74) is 1.22. The predicted molar refractivity (Wildman–Crippen MR) is 100 cm³/mol. The highest BCUT2D eigenvalue weighted by atomic mass is 19.1. The van der Waals surface area contributed by atoms with E-state index in [0.717, 1.165) is 6.42 Å². The smallest absolute Gasteiger partial charge is 0.251 e. The van der Waals surface area contributed by atoms with Crippen LogP contribution in [-0.4, -0.2) is 29.8 Å². The highest BCUT2D eigenvalue weighted by molar-refractivity contribution is 5.97. The van der Waals surface area contributed by atoms with Crippen molar-refractivity contribution in [1.82, 2.24) is 10.2 Å². The van der Waals surface area contributed by atoms with Crippen molar-refractivity contribution in [1.29, 1.82) is 0 Å². The van der Waals surface area contributed by atoms with E-state index in [9.17, 15) is 14.0 Å². The summed E-state index contributed by atoms with van der Waals surface area (Å²) in [5.74, 6) is -0.819. The van der Waals surface area contributed by atoms with Crippen LogP contribution >= 0.6 is 0 Å². The topological polar surface area (TPSA) is 49.4 Å². The number of rotatable bonds is 7. The van der Waals surface area contributed by atoms with Crippen LogP contribution in [0.15, 0.2) is 54.6 Å². The van der Waals surface area contributed by atoms with Crippen LogP contribution in [0.25, 0.3) is 0 Å². The van der Waals surface area contributed by atoms with E-state index < -0.39 is 6.04 Å². The van der Waals surface area contributed by atoms with Crippen LogP contribution < -0.4 is 5.32 Å². The summed E-state index contributed by atoms with van der Waals surface area (Å²) >= 11 is 0. The van der Waals surface area contributed by atoms with Crippen molar-refractivity contribution in [2.24, 2.45) is 5.92 Å². The molecule has 2 atom stereocenters. The molecule has 5 heteroatoms. The molecule has 26 heavy (non-hydrogen) atoms. The van der Waals surface area contributed by atoms with E-state index in [4.69, 9.17) is 0 Å². The van der Waals surface area contributed by atoms with E-state index in [2.05, 4.69) is 5.32 Å². The van der Waals surface area contributed by atoms with Crippen LogP contribution in [0.2, 0.25) is 0 Å². The number of halogens is 1. The van der Waals surface area contributed by atoms with Crippen molar-refractivity contribution >= 4 is 11.8 Å². The third-order valence-electron chi connectivity index (χ3n) is 4.49. The van der Waals surface area contributed by atoms with E-state index in [-0.39, 0.29) is 30.1 Å². The predicted octanol–water partition coefficient (Wildman–Crippen LogP) is 3.63. The van der Waals surface area contributed by atoms with E-state index in [1.165, 1.54) is 17.0 Å².